The molecule has 0 N–H and O–H groups in total. The summed E-state index contributed by atoms with van der Waals surface area (Å²) in [4.78, 5) is 19.6. The molecule has 4 rings (SSSR count). The predicted molar refractivity (Wildman–Crippen MR) is 117 cm³/mol. The van der Waals surface area contributed by atoms with Crippen molar-refractivity contribution in [3.63, 3.8) is 0 Å². The summed E-state index contributed by atoms with van der Waals surface area (Å²) in [6.07, 6.45) is 5.36. The third kappa shape index (κ3) is 4.71. The van der Waals surface area contributed by atoms with E-state index < -0.39 is 0 Å². The molecular weight excluding hydrogens is 420 g/mol. The molecule has 2 heterocycles. The lowest BCUT2D eigenvalue weighted by molar-refractivity contribution is -0.113. The lowest BCUT2D eigenvalue weighted by Gasteiger charge is -2.32. The fraction of sp³-hybridized carbons (Fsp3) is 0.273. The number of likely N-dealkylation sites (tertiary alicyclic amines) is 1. The van der Waals surface area contributed by atoms with Gasteiger partial charge in [0.1, 0.15) is 0 Å². The van der Waals surface area contributed by atoms with E-state index >= 15 is 0 Å². The van der Waals surface area contributed by atoms with Crippen LogP contribution < -0.4 is 0 Å². The lowest BCUT2D eigenvalue weighted by atomic mass is 9.90. The number of amides is 1. The van der Waals surface area contributed by atoms with Crippen molar-refractivity contribution in [2.75, 3.05) is 13.1 Å². The van der Waals surface area contributed by atoms with E-state index in [2.05, 4.69) is 56.2 Å². The van der Waals surface area contributed by atoms with Crippen LogP contribution in [0.15, 0.2) is 69.0 Å². The minimum absolute atomic E-state index is 0.121. The molecule has 0 aliphatic carbocycles. The van der Waals surface area contributed by atoms with Crippen molar-refractivity contribution in [1.29, 1.82) is 0 Å². The van der Waals surface area contributed by atoms with Crippen LogP contribution in [0.1, 0.15) is 24.0 Å². The van der Waals surface area contributed by atoms with Crippen molar-refractivity contribution in [3.8, 4) is 0 Å². The molecule has 2 aromatic carbocycles. The van der Waals surface area contributed by atoms with Gasteiger partial charge in [0.15, 0.2) is 5.17 Å². The standard InChI is InChI=1S/C22H21BrN2OS/c23-19-8-6-17(7-9-19)15-20-21(26)24-22(27-20)25-12-10-18(11-13-25)14-16-4-2-1-3-5-16/h1-9,15,18H,10-14H2. The van der Waals surface area contributed by atoms with Crippen molar-refractivity contribution in [2.24, 2.45) is 10.9 Å². The summed E-state index contributed by atoms with van der Waals surface area (Å²) in [5, 5.41) is 0.863. The van der Waals surface area contributed by atoms with Crippen LogP contribution in [0.4, 0.5) is 0 Å². The van der Waals surface area contributed by atoms with Crippen LogP contribution in [0.5, 0.6) is 0 Å². The molecule has 0 aromatic heterocycles. The van der Waals surface area contributed by atoms with E-state index in [1.807, 2.05) is 30.3 Å². The van der Waals surface area contributed by atoms with Gasteiger partial charge in [-0.1, -0.05) is 58.4 Å². The summed E-state index contributed by atoms with van der Waals surface area (Å²) in [6.45, 7) is 1.95. The van der Waals surface area contributed by atoms with Gasteiger partial charge in [0, 0.05) is 17.6 Å². The Balaban J connectivity index is 1.34. The molecule has 0 saturated carbocycles. The second-order valence-corrected chi connectivity index (χ2v) is 8.91. The highest BCUT2D eigenvalue weighted by Gasteiger charge is 2.29. The number of carbonyl (C=O) groups is 1. The minimum Gasteiger partial charge on any atom is -0.351 e. The Kier molecular flexibility index (Phi) is 5.79. The normalized spacial score (nSPS) is 19.6. The molecule has 1 amide bonds. The van der Waals surface area contributed by atoms with Crippen molar-refractivity contribution < 1.29 is 4.79 Å². The first-order valence-corrected chi connectivity index (χ1v) is 10.9. The van der Waals surface area contributed by atoms with E-state index in [-0.39, 0.29) is 5.91 Å². The summed E-state index contributed by atoms with van der Waals surface area (Å²) >= 11 is 4.94. The van der Waals surface area contributed by atoms with Crippen LogP contribution in [0.25, 0.3) is 6.08 Å². The van der Waals surface area contributed by atoms with Gasteiger partial charge >= 0.3 is 0 Å². The van der Waals surface area contributed by atoms with Gasteiger partial charge in [-0.3, -0.25) is 4.79 Å². The summed E-state index contributed by atoms with van der Waals surface area (Å²) in [5.41, 5.74) is 2.44. The second kappa shape index (κ2) is 8.44. The highest BCUT2D eigenvalue weighted by molar-refractivity contribution is 9.10. The fourth-order valence-corrected chi connectivity index (χ4v) is 4.75. The number of halogens is 1. The van der Waals surface area contributed by atoms with Crippen molar-refractivity contribution in [3.05, 3.63) is 75.1 Å². The van der Waals surface area contributed by atoms with Crippen LogP contribution in [0, 0.1) is 5.92 Å². The molecule has 2 aliphatic heterocycles. The average molecular weight is 441 g/mol. The zero-order chi connectivity index (χ0) is 18.6. The molecule has 0 bridgehead atoms. The molecule has 0 spiro atoms. The van der Waals surface area contributed by atoms with Crippen molar-refractivity contribution >= 4 is 44.8 Å². The number of hydrogen-bond acceptors (Lipinski definition) is 3. The Labute approximate surface area is 172 Å². The van der Waals surface area contributed by atoms with Gasteiger partial charge in [0.05, 0.1) is 4.91 Å². The van der Waals surface area contributed by atoms with E-state index in [4.69, 9.17) is 0 Å². The Morgan fingerprint density at radius 3 is 2.48 bits per heavy atom. The highest BCUT2D eigenvalue weighted by Crippen LogP contribution is 2.32. The quantitative estimate of drug-likeness (QED) is 0.600. The molecule has 3 nitrogen and oxygen atoms in total. The average Bonchev–Trinajstić information content (AvgIpc) is 3.05. The number of thioether (sulfide) groups is 1. The van der Waals surface area contributed by atoms with Gasteiger partial charge in [-0.15, -0.1) is 0 Å². The minimum atomic E-state index is -0.121. The van der Waals surface area contributed by atoms with E-state index in [9.17, 15) is 4.79 Å². The zero-order valence-electron chi connectivity index (χ0n) is 15.0. The third-order valence-electron chi connectivity index (χ3n) is 5.03. The Morgan fingerprint density at radius 2 is 1.78 bits per heavy atom. The summed E-state index contributed by atoms with van der Waals surface area (Å²) in [6, 6.07) is 18.7. The largest absolute Gasteiger partial charge is 0.351 e. The van der Waals surface area contributed by atoms with Crippen LogP contribution >= 0.6 is 27.7 Å². The molecule has 27 heavy (non-hydrogen) atoms. The Bertz CT molecular complexity index is 869. The molecule has 5 heteroatoms. The molecular formula is C22H21BrN2OS. The zero-order valence-corrected chi connectivity index (χ0v) is 17.4. The fourth-order valence-electron chi connectivity index (χ4n) is 3.52. The number of carbonyl (C=O) groups excluding carboxylic acids is 1. The Hall–Kier alpha value is -1.85. The van der Waals surface area contributed by atoms with Crippen LogP contribution in [0.3, 0.4) is 0 Å². The molecule has 1 fully saturated rings. The van der Waals surface area contributed by atoms with E-state index in [1.54, 1.807) is 0 Å². The SMILES string of the molecule is O=C1N=C(N2CCC(Cc3ccccc3)CC2)SC1=Cc1ccc(Br)cc1. The smallest absolute Gasteiger partial charge is 0.286 e. The third-order valence-corrected chi connectivity index (χ3v) is 6.60. The van der Waals surface area contributed by atoms with E-state index in [0.717, 1.165) is 47.6 Å². The highest BCUT2D eigenvalue weighted by atomic mass is 79.9. The van der Waals surface area contributed by atoms with Crippen LogP contribution in [0.2, 0.25) is 0 Å². The first-order valence-electron chi connectivity index (χ1n) is 9.24. The molecule has 1 saturated heterocycles. The Morgan fingerprint density at radius 1 is 1.07 bits per heavy atom. The monoisotopic (exact) mass is 440 g/mol. The number of nitrogens with zero attached hydrogens (tertiary/aromatic N) is 2. The number of rotatable bonds is 3. The number of aliphatic imine (C=N–C) groups is 1. The van der Waals surface area contributed by atoms with Gasteiger partial charge in [0.25, 0.3) is 5.91 Å². The first-order chi connectivity index (χ1) is 13.2. The molecule has 0 unspecified atom stereocenters. The number of benzene rings is 2. The van der Waals surface area contributed by atoms with Gasteiger partial charge in [-0.2, -0.15) is 4.99 Å². The van der Waals surface area contributed by atoms with Crippen molar-refractivity contribution in [1.82, 2.24) is 4.90 Å². The predicted octanol–water partition coefficient (Wildman–Crippen LogP) is 5.37. The van der Waals surface area contributed by atoms with Crippen LogP contribution in [-0.4, -0.2) is 29.1 Å². The number of hydrogen-bond donors (Lipinski definition) is 0. The number of piperidine rings is 1. The van der Waals surface area contributed by atoms with Gasteiger partial charge in [-0.05, 0) is 66.3 Å². The first kappa shape index (κ1) is 18.5. The molecule has 2 aromatic rings. The van der Waals surface area contributed by atoms with Crippen molar-refractivity contribution in [2.45, 2.75) is 19.3 Å². The maximum absolute atomic E-state index is 12.3. The lowest BCUT2D eigenvalue weighted by Crippen LogP contribution is -2.37. The molecule has 138 valence electrons. The van der Waals surface area contributed by atoms with Gasteiger partial charge < -0.3 is 4.90 Å². The maximum Gasteiger partial charge on any atom is 0.286 e. The van der Waals surface area contributed by atoms with E-state index in [1.165, 1.54) is 17.3 Å². The van der Waals surface area contributed by atoms with E-state index in [0.29, 0.717) is 10.8 Å². The summed E-state index contributed by atoms with van der Waals surface area (Å²) in [7, 11) is 0. The van der Waals surface area contributed by atoms with Crippen LogP contribution in [-0.2, 0) is 11.2 Å². The van der Waals surface area contributed by atoms with Gasteiger partial charge in [-0.25, -0.2) is 0 Å². The summed E-state index contributed by atoms with van der Waals surface area (Å²) in [5.74, 6) is 0.591. The van der Waals surface area contributed by atoms with Gasteiger partial charge in [0.2, 0.25) is 0 Å². The molecule has 2 aliphatic rings. The molecule has 0 atom stereocenters. The maximum atomic E-state index is 12.3. The molecule has 0 radical (unpaired) electrons. The number of amidine groups is 1. The topological polar surface area (TPSA) is 32.7 Å². The second-order valence-electron chi connectivity index (χ2n) is 6.98. The summed E-state index contributed by atoms with van der Waals surface area (Å²) < 4.78 is 1.03.